The molecule has 4 rings (SSSR count). The maximum Gasteiger partial charge on any atom is 0.0968 e. The van der Waals surface area contributed by atoms with Gasteiger partial charge in [0.15, 0.2) is 0 Å². The molecule has 0 saturated carbocycles. The number of fused-ring (bicyclic) bond motifs is 1. The maximum atomic E-state index is 4.75. The van der Waals surface area contributed by atoms with Gasteiger partial charge >= 0.3 is 0 Å². The van der Waals surface area contributed by atoms with Gasteiger partial charge in [0, 0.05) is 49.6 Å². The number of pyridine rings is 1. The molecule has 0 atom stereocenters. The van der Waals surface area contributed by atoms with Gasteiger partial charge in [-0.2, -0.15) is 0 Å². The van der Waals surface area contributed by atoms with Gasteiger partial charge in [-0.1, -0.05) is 42.5 Å². The van der Waals surface area contributed by atoms with Gasteiger partial charge in [-0.15, -0.1) is 11.8 Å². The Kier molecular flexibility index (Phi) is 5.19. The van der Waals surface area contributed by atoms with Crippen LogP contribution in [0.3, 0.4) is 0 Å². The summed E-state index contributed by atoms with van der Waals surface area (Å²) in [4.78, 5) is 9.79. The molecule has 3 nitrogen and oxygen atoms in total. The molecular formula is C21H23N3S. The lowest BCUT2D eigenvalue weighted by Gasteiger charge is -2.36. The molecule has 2 heterocycles. The highest BCUT2D eigenvalue weighted by Crippen LogP contribution is 2.20. The van der Waals surface area contributed by atoms with Gasteiger partial charge < -0.3 is 4.90 Å². The summed E-state index contributed by atoms with van der Waals surface area (Å²) in [7, 11) is 0. The number of aromatic nitrogens is 1. The zero-order valence-corrected chi connectivity index (χ0v) is 15.2. The lowest BCUT2D eigenvalue weighted by Crippen LogP contribution is -2.47. The third kappa shape index (κ3) is 4.14. The SMILES string of the molecule is c1ccc(N2CCN(CCSc3ccc4ccccc4n3)CC2)cc1. The highest BCUT2D eigenvalue weighted by atomic mass is 32.2. The van der Waals surface area contributed by atoms with Gasteiger partial charge in [-0.25, -0.2) is 4.98 Å². The summed E-state index contributed by atoms with van der Waals surface area (Å²) in [5.41, 5.74) is 2.43. The molecule has 0 unspecified atom stereocenters. The van der Waals surface area contributed by atoms with Crippen molar-refractivity contribution in [1.29, 1.82) is 0 Å². The molecule has 0 aliphatic carbocycles. The number of rotatable bonds is 5. The Morgan fingerprint density at radius 2 is 1.56 bits per heavy atom. The molecule has 1 aromatic heterocycles. The second-order valence-corrected chi connectivity index (χ2v) is 7.47. The standard InChI is InChI=1S/C21H23N3S/c1-2-7-19(8-3-1)24-14-12-23(13-15-24)16-17-25-21-11-10-18-6-4-5-9-20(18)22-21/h1-11H,12-17H2. The summed E-state index contributed by atoms with van der Waals surface area (Å²) in [5.74, 6) is 1.09. The number of para-hydroxylation sites is 2. The van der Waals surface area contributed by atoms with Crippen molar-refractivity contribution < 1.29 is 0 Å². The molecule has 2 aromatic carbocycles. The Labute approximate surface area is 153 Å². The Bertz CT molecular complexity index is 813. The van der Waals surface area contributed by atoms with Crippen LogP contribution in [-0.2, 0) is 0 Å². The zero-order valence-electron chi connectivity index (χ0n) is 14.3. The van der Waals surface area contributed by atoms with Crippen LogP contribution < -0.4 is 4.90 Å². The fourth-order valence-corrected chi connectivity index (χ4v) is 4.16. The molecule has 1 saturated heterocycles. The Morgan fingerprint density at radius 3 is 2.40 bits per heavy atom. The molecule has 1 fully saturated rings. The summed E-state index contributed by atoms with van der Waals surface area (Å²) in [5, 5.41) is 2.34. The Hall–Kier alpha value is -2.04. The topological polar surface area (TPSA) is 19.4 Å². The smallest absolute Gasteiger partial charge is 0.0968 e. The van der Waals surface area contributed by atoms with E-state index in [1.54, 1.807) is 0 Å². The van der Waals surface area contributed by atoms with E-state index in [-0.39, 0.29) is 0 Å². The van der Waals surface area contributed by atoms with Gasteiger partial charge in [0.1, 0.15) is 0 Å². The second kappa shape index (κ2) is 7.89. The zero-order chi connectivity index (χ0) is 16.9. The van der Waals surface area contributed by atoms with Crippen molar-refractivity contribution in [2.75, 3.05) is 43.4 Å². The van der Waals surface area contributed by atoms with E-state index in [1.807, 2.05) is 11.8 Å². The highest BCUT2D eigenvalue weighted by Gasteiger charge is 2.16. The van der Waals surface area contributed by atoms with E-state index in [0.29, 0.717) is 0 Å². The minimum absolute atomic E-state index is 1.09. The number of thioether (sulfide) groups is 1. The number of hydrogen-bond donors (Lipinski definition) is 0. The van der Waals surface area contributed by atoms with Crippen molar-refractivity contribution in [3.63, 3.8) is 0 Å². The first-order chi connectivity index (χ1) is 12.4. The van der Waals surface area contributed by atoms with Crippen LogP contribution in [-0.4, -0.2) is 48.4 Å². The van der Waals surface area contributed by atoms with Gasteiger partial charge in [-0.05, 0) is 24.3 Å². The molecule has 25 heavy (non-hydrogen) atoms. The molecule has 0 bridgehead atoms. The third-order valence-electron chi connectivity index (χ3n) is 4.72. The van der Waals surface area contributed by atoms with Crippen LogP contribution >= 0.6 is 11.8 Å². The molecule has 1 aliphatic heterocycles. The summed E-state index contributed by atoms with van der Waals surface area (Å²) >= 11 is 1.86. The highest BCUT2D eigenvalue weighted by molar-refractivity contribution is 7.99. The summed E-state index contributed by atoms with van der Waals surface area (Å²) < 4.78 is 0. The molecular weight excluding hydrogens is 326 g/mol. The Balaban J connectivity index is 1.25. The van der Waals surface area contributed by atoms with Gasteiger partial charge in [0.05, 0.1) is 10.5 Å². The molecule has 0 N–H and O–H groups in total. The van der Waals surface area contributed by atoms with Crippen molar-refractivity contribution in [3.8, 4) is 0 Å². The molecule has 3 aromatic rings. The van der Waals surface area contributed by atoms with Crippen molar-refractivity contribution in [2.24, 2.45) is 0 Å². The lowest BCUT2D eigenvalue weighted by molar-refractivity contribution is 0.273. The fourth-order valence-electron chi connectivity index (χ4n) is 3.28. The van der Waals surface area contributed by atoms with Crippen LogP contribution in [0.4, 0.5) is 5.69 Å². The minimum atomic E-state index is 1.09. The van der Waals surface area contributed by atoms with Crippen molar-refractivity contribution in [2.45, 2.75) is 5.03 Å². The van der Waals surface area contributed by atoms with Crippen LogP contribution in [0.2, 0.25) is 0 Å². The van der Waals surface area contributed by atoms with Crippen LogP contribution in [0.25, 0.3) is 10.9 Å². The maximum absolute atomic E-state index is 4.75. The molecule has 0 spiro atoms. The van der Waals surface area contributed by atoms with Gasteiger partial charge in [-0.3, -0.25) is 4.90 Å². The predicted molar refractivity (Wildman–Crippen MR) is 108 cm³/mol. The van der Waals surface area contributed by atoms with E-state index in [4.69, 9.17) is 4.98 Å². The second-order valence-electron chi connectivity index (χ2n) is 6.35. The number of anilines is 1. The lowest BCUT2D eigenvalue weighted by atomic mass is 10.2. The van der Waals surface area contributed by atoms with Crippen molar-refractivity contribution in [1.82, 2.24) is 9.88 Å². The molecule has 1 aliphatic rings. The number of piperazine rings is 1. The van der Waals surface area contributed by atoms with Crippen molar-refractivity contribution in [3.05, 3.63) is 66.7 Å². The fraction of sp³-hybridized carbons (Fsp3) is 0.286. The van der Waals surface area contributed by atoms with E-state index in [1.165, 1.54) is 11.1 Å². The van der Waals surface area contributed by atoms with Crippen molar-refractivity contribution >= 4 is 28.4 Å². The van der Waals surface area contributed by atoms with E-state index >= 15 is 0 Å². The van der Waals surface area contributed by atoms with E-state index in [9.17, 15) is 0 Å². The van der Waals surface area contributed by atoms with Crippen LogP contribution in [0.15, 0.2) is 71.8 Å². The summed E-state index contributed by atoms with van der Waals surface area (Å²) in [6.07, 6.45) is 0. The first-order valence-corrected chi connectivity index (χ1v) is 9.88. The average molecular weight is 350 g/mol. The quantitative estimate of drug-likeness (QED) is 0.644. The normalized spacial score (nSPS) is 15.6. The molecule has 0 amide bonds. The van der Waals surface area contributed by atoms with E-state index in [0.717, 1.165) is 49.0 Å². The summed E-state index contributed by atoms with van der Waals surface area (Å²) in [6, 6.07) is 23.4. The summed E-state index contributed by atoms with van der Waals surface area (Å²) in [6.45, 7) is 5.63. The Morgan fingerprint density at radius 1 is 0.800 bits per heavy atom. The van der Waals surface area contributed by atoms with Gasteiger partial charge in [0.25, 0.3) is 0 Å². The van der Waals surface area contributed by atoms with Crippen LogP contribution in [0, 0.1) is 0 Å². The molecule has 0 radical (unpaired) electrons. The minimum Gasteiger partial charge on any atom is -0.369 e. The number of hydrogen-bond acceptors (Lipinski definition) is 4. The average Bonchev–Trinajstić information content (AvgIpc) is 2.69. The predicted octanol–water partition coefficient (Wildman–Crippen LogP) is 4.15. The van der Waals surface area contributed by atoms with E-state index < -0.39 is 0 Å². The monoisotopic (exact) mass is 349 g/mol. The van der Waals surface area contributed by atoms with Gasteiger partial charge in [0.2, 0.25) is 0 Å². The third-order valence-corrected chi connectivity index (χ3v) is 5.63. The van der Waals surface area contributed by atoms with E-state index in [2.05, 4.69) is 76.5 Å². The van der Waals surface area contributed by atoms with Crippen LogP contribution in [0.5, 0.6) is 0 Å². The largest absolute Gasteiger partial charge is 0.369 e. The van der Waals surface area contributed by atoms with Crippen LogP contribution in [0.1, 0.15) is 0 Å². The molecule has 4 heteroatoms. The first-order valence-electron chi connectivity index (χ1n) is 8.89. The number of benzene rings is 2. The molecule has 128 valence electrons. The number of nitrogens with zero attached hydrogens (tertiary/aromatic N) is 3. The first kappa shape index (κ1) is 16.4.